The standard InChI is InChI=1S/C33H60N4O4/c1-4-6-8-10-12-14-16-18-20-22-26-40-36(32(34)38)30-25-24-29(3)31(28-30)37(33(35)39)41-27-23-21-19-17-15-13-11-9-7-5-2/h24-25,28H,4-23,26-27H2,1-3H3,(H2,34,38)(H2,35,39). The van der Waals surface area contributed by atoms with E-state index in [1.807, 2.05) is 6.92 Å². The molecule has 236 valence electrons. The number of urea groups is 2. The second-order valence-corrected chi connectivity index (χ2v) is 11.3. The fourth-order valence-electron chi connectivity index (χ4n) is 4.95. The number of carbonyl (C=O) groups is 2. The number of anilines is 2. The highest BCUT2D eigenvalue weighted by atomic mass is 16.7. The van der Waals surface area contributed by atoms with Crippen molar-refractivity contribution in [2.75, 3.05) is 23.3 Å². The molecular weight excluding hydrogens is 516 g/mol. The first-order valence-corrected chi connectivity index (χ1v) is 16.5. The number of nitrogens with zero attached hydrogens (tertiary/aromatic N) is 2. The lowest BCUT2D eigenvalue weighted by Crippen LogP contribution is -2.38. The van der Waals surface area contributed by atoms with Crippen molar-refractivity contribution in [2.24, 2.45) is 11.5 Å². The van der Waals surface area contributed by atoms with Gasteiger partial charge < -0.3 is 11.5 Å². The van der Waals surface area contributed by atoms with Crippen LogP contribution in [-0.2, 0) is 9.68 Å². The number of aryl methyl sites for hydroxylation is 1. The van der Waals surface area contributed by atoms with Crippen LogP contribution < -0.4 is 21.6 Å². The minimum Gasteiger partial charge on any atom is -0.349 e. The summed E-state index contributed by atoms with van der Waals surface area (Å²) >= 11 is 0. The summed E-state index contributed by atoms with van der Waals surface area (Å²) in [5.74, 6) is 0. The van der Waals surface area contributed by atoms with Crippen molar-refractivity contribution in [1.29, 1.82) is 0 Å². The topological polar surface area (TPSA) is 111 Å². The van der Waals surface area contributed by atoms with Gasteiger partial charge in [-0.05, 0) is 37.5 Å². The van der Waals surface area contributed by atoms with E-state index in [1.54, 1.807) is 18.2 Å². The molecule has 8 nitrogen and oxygen atoms in total. The molecule has 0 radical (unpaired) electrons. The Hall–Kier alpha value is -2.32. The number of hydroxylamine groups is 2. The average molecular weight is 577 g/mol. The van der Waals surface area contributed by atoms with Crippen LogP contribution in [-0.4, -0.2) is 25.3 Å². The molecule has 0 unspecified atom stereocenters. The summed E-state index contributed by atoms with van der Waals surface area (Å²) in [7, 11) is 0. The molecule has 0 heterocycles. The van der Waals surface area contributed by atoms with Gasteiger partial charge in [-0.25, -0.2) is 9.59 Å². The van der Waals surface area contributed by atoms with Gasteiger partial charge in [-0.3, -0.25) is 9.68 Å². The van der Waals surface area contributed by atoms with Gasteiger partial charge in [-0.1, -0.05) is 135 Å². The molecule has 0 atom stereocenters. The van der Waals surface area contributed by atoms with Crippen molar-refractivity contribution >= 4 is 23.4 Å². The van der Waals surface area contributed by atoms with E-state index in [9.17, 15) is 9.59 Å². The van der Waals surface area contributed by atoms with Gasteiger partial charge in [0.1, 0.15) is 0 Å². The molecule has 1 aromatic carbocycles. The second kappa shape index (κ2) is 24.3. The Bertz CT molecular complexity index is 820. The van der Waals surface area contributed by atoms with Crippen LogP contribution in [0.25, 0.3) is 0 Å². The molecule has 1 rings (SSSR count). The van der Waals surface area contributed by atoms with Crippen molar-refractivity contribution in [1.82, 2.24) is 0 Å². The number of carbonyl (C=O) groups excluding carboxylic acids is 2. The molecule has 4 amide bonds. The molecule has 0 bridgehead atoms. The number of primary amides is 2. The molecular formula is C33H60N4O4. The predicted molar refractivity (Wildman–Crippen MR) is 171 cm³/mol. The molecule has 0 aliphatic carbocycles. The van der Waals surface area contributed by atoms with Gasteiger partial charge in [0, 0.05) is 0 Å². The minimum absolute atomic E-state index is 0.386. The lowest BCUT2D eigenvalue weighted by molar-refractivity contribution is 0.114. The van der Waals surface area contributed by atoms with E-state index in [-0.39, 0.29) is 0 Å². The first kappa shape index (κ1) is 36.7. The lowest BCUT2D eigenvalue weighted by Gasteiger charge is -2.25. The summed E-state index contributed by atoms with van der Waals surface area (Å²) in [5, 5.41) is 2.19. The van der Waals surface area contributed by atoms with Crippen LogP contribution in [0.2, 0.25) is 0 Å². The second-order valence-electron chi connectivity index (χ2n) is 11.3. The van der Waals surface area contributed by atoms with Crippen LogP contribution in [0.4, 0.5) is 21.0 Å². The zero-order valence-electron chi connectivity index (χ0n) is 26.5. The Labute approximate surface area is 250 Å². The third kappa shape index (κ3) is 17.3. The number of amides is 4. The fraction of sp³-hybridized carbons (Fsp3) is 0.758. The summed E-state index contributed by atoms with van der Waals surface area (Å²) in [4.78, 5) is 36.0. The van der Waals surface area contributed by atoms with Gasteiger partial charge in [0.15, 0.2) is 0 Å². The van der Waals surface area contributed by atoms with Gasteiger partial charge in [0.05, 0.1) is 24.6 Å². The van der Waals surface area contributed by atoms with Gasteiger partial charge in [0.2, 0.25) is 0 Å². The maximum Gasteiger partial charge on any atom is 0.343 e. The highest BCUT2D eigenvalue weighted by Crippen LogP contribution is 2.28. The summed E-state index contributed by atoms with van der Waals surface area (Å²) < 4.78 is 0. The number of hydrogen-bond donors (Lipinski definition) is 2. The number of benzene rings is 1. The van der Waals surface area contributed by atoms with E-state index in [2.05, 4.69) is 13.8 Å². The number of hydrogen-bond acceptors (Lipinski definition) is 4. The highest BCUT2D eigenvalue weighted by molar-refractivity contribution is 5.93. The van der Waals surface area contributed by atoms with Crippen LogP contribution >= 0.6 is 0 Å². The molecule has 0 fully saturated rings. The van der Waals surface area contributed by atoms with Crippen LogP contribution in [0.1, 0.15) is 148 Å². The molecule has 0 aliphatic rings. The van der Waals surface area contributed by atoms with E-state index >= 15 is 0 Å². The Morgan fingerprint density at radius 1 is 0.585 bits per heavy atom. The zero-order valence-corrected chi connectivity index (χ0v) is 26.5. The maximum absolute atomic E-state index is 12.3. The summed E-state index contributed by atoms with van der Waals surface area (Å²) in [6.07, 6.45) is 24.3. The van der Waals surface area contributed by atoms with E-state index in [0.717, 1.165) is 54.2 Å². The molecule has 0 spiro atoms. The first-order chi connectivity index (χ1) is 19.9. The van der Waals surface area contributed by atoms with Crippen molar-refractivity contribution in [3.63, 3.8) is 0 Å². The van der Waals surface area contributed by atoms with Gasteiger partial charge in [-0.15, -0.1) is 0 Å². The quantitative estimate of drug-likeness (QED) is 0.0845. The molecule has 0 aliphatic heterocycles. The van der Waals surface area contributed by atoms with Crippen LogP contribution in [0.5, 0.6) is 0 Å². The van der Waals surface area contributed by atoms with Crippen molar-refractivity contribution < 1.29 is 19.3 Å². The molecule has 0 saturated carbocycles. The summed E-state index contributed by atoms with van der Waals surface area (Å²) in [6.45, 7) is 7.11. The van der Waals surface area contributed by atoms with Crippen LogP contribution in [0.15, 0.2) is 18.2 Å². The van der Waals surface area contributed by atoms with Crippen molar-refractivity contribution in [3.05, 3.63) is 23.8 Å². The Kier molecular flexibility index (Phi) is 21.8. The van der Waals surface area contributed by atoms with Crippen molar-refractivity contribution in [3.8, 4) is 0 Å². The van der Waals surface area contributed by atoms with E-state index < -0.39 is 12.1 Å². The Morgan fingerprint density at radius 3 is 1.34 bits per heavy atom. The first-order valence-electron chi connectivity index (χ1n) is 16.5. The molecule has 0 saturated heterocycles. The minimum atomic E-state index is -0.719. The molecule has 41 heavy (non-hydrogen) atoms. The smallest absolute Gasteiger partial charge is 0.343 e. The van der Waals surface area contributed by atoms with Crippen LogP contribution in [0.3, 0.4) is 0 Å². The number of nitrogens with two attached hydrogens (primary N) is 2. The van der Waals surface area contributed by atoms with E-state index in [4.69, 9.17) is 21.1 Å². The predicted octanol–water partition coefficient (Wildman–Crippen LogP) is 9.47. The van der Waals surface area contributed by atoms with Crippen molar-refractivity contribution in [2.45, 2.75) is 149 Å². The Balaban J connectivity index is 2.48. The molecule has 4 N–H and O–H groups in total. The summed E-state index contributed by atoms with van der Waals surface area (Å²) in [6, 6.07) is 3.76. The zero-order chi connectivity index (χ0) is 30.1. The fourth-order valence-corrected chi connectivity index (χ4v) is 4.95. The largest absolute Gasteiger partial charge is 0.349 e. The highest BCUT2D eigenvalue weighted by Gasteiger charge is 2.20. The SMILES string of the molecule is CCCCCCCCCCCCON(C(N)=O)c1ccc(C)c(N(OCCCCCCCCCCCC)C(N)=O)c1. The molecule has 1 aromatic rings. The summed E-state index contributed by atoms with van der Waals surface area (Å²) in [5.41, 5.74) is 13.0. The maximum atomic E-state index is 12.3. The van der Waals surface area contributed by atoms with E-state index in [0.29, 0.717) is 24.6 Å². The third-order valence-electron chi connectivity index (χ3n) is 7.48. The molecule has 0 aromatic heterocycles. The third-order valence-corrected chi connectivity index (χ3v) is 7.48. The molecule has 8 heteroatoms. The lowest BCUT2D eigenvalue weighted by atomic mass is 10.1. The van der Waals surface area contributed by atoms with Crippen LogP contribution in [0, 0.1) is 6.92 Å². The Morgan fingerprint density at radius 2 is 0.951 bits per heavy atom. The van der Waals surface area contributed by atoms with Gasteiger partial charge in [0.25, 0.3) is 0 Å². The van der Waals surface area contributed by atoms with Gasteiger partial charge in [-0.2, -0.15) is 10.1 Å². The van der Waals surface area contributed by atoms with Gasteiger partial charge >= 0.3 is 12.1 Å². The number of unbranched alkanes of at least 4 members (excludes halogenated alkanes) is 18. The monoisotopic (exact) mass is 576 g/mol. The van der Waals surface area contributed by atoms with E-state index in [1.165, 1.54) is 89.9 Å². The average Bonchev–Trinajstić information content (AvgIpc) is 2.95. The number of rotatable bonds is 26. The normalized spacial score (nSPS) is 11.1.